The molecule has 2 aliphatic heterocycles. The van der Waals surface area contributed by atoms with E-state index in [1.807, 2.05) is 49.9 Å². The number of rotatable bonds is 3. The Kier molecular flexibility index (Phi) is 4.75. The Morgan fingerprint density at radius 2 is 2.12 bits per heavy atom. The van der Waals surface area contributed by atoms with Crippen LogP contribution in [-0.4, -0.2) is 42.3 Å². The number of carbonyl (C=O) groups excluding carboxylic acids is 1. The van der Waals surface area contributed by atoms with E-state index in [9.17, 15) is 13.2 Å². The summed E-state index contributed by atoms with van der Waals surface area (Å²) in [7, 11) is -3.03. The minimum absolute atomic E-state index is 0.0545. The Morgan fingerprint density at radius 3 is 2.79 bits per heavy atom. The Bertz CT molecular complexity index is 787. The van der Waals surface area contributed by atoms with Crippen LogP contribution < -0.4 is 4.90 Å². The van der Waals surface area contributed by atoms with Crippen LogP contribution in [0.3, 0.4) is 0 Å². The molecule has 0 saturated carbocycles. The molecule has 130 valence electrons. The van der Waals surface area contributed by atoms with E-state index >= 15 is 0 Å². The maximum absolute atomic E-state index is 12.2. The number of amidine groups is 1. The highest BCUT2D eigenvalue weighted by molar-refractivity contribution is 8.16. The van der Waals surface area contributed by atoms with Crippen molar-refractivity contribution in [3.8, 4) is 0 Å². The largest absolute Gasteiger partial charge is 0.316 e. The summed E-state index contributed by atoms with van der Waals surface area (Å²) < 4.78 is 24.0. The third kappa shape index (κ3) is 3.67. The first-order valence-corrected chi connectivity index (χ1v) is 10.8. The van der Waals surface area contributed by atoms with Crippen molar-refractivity contribution in [3.63, 3.8) is 0 Å². The van der Waals surface area contributed by atoms with E-state index in [1.54, 1.807) is 0 Å². The van der Waals surface area contributed by atoms with Gasteiger partial charge in [0.1, 0.15) is 0 Å². The molecule has 2 saturated heterocycles. The van der Waals surface area contributed by atoms with E-state index in [4.69, 9.17) is 0 Å². The lowest BCUT2D eigenvalue weighted by Gasteiger charge is -2.24. The molecule has 2 aliphatic rings. The van der Waals surface area contributed by atoms with Gasteiger partial charge in [-0.15, -0.1) is 0 Å². The zero-order chi connectivity index (χ0) is 17.5. The monoisotopic (exact) mass is 366 g/mol. The number of sulfone groups is 1. The molecule has 0 spiro atoms. The molecule has 0 aliphatic carbocycles. The smallest absolute Gasteiger partial charge is 0.248 e. The fourth-order valence-electron chi connectivity index (χ4n) is 3.15. The second-order valence-corrected chi connectivity index (χ2v) is 10.3. The molecule has 2 fully saturated rings. The number of carbonyl (C=O) groups is 1. The van der Waals surface area contributed by atoms with E-state index in [-0.39, 0.29) is 34.6 Å². The molecule has 5 nitrogen and oxygen atoms in total. The van der Waals surface area contributed by atoms with E-state index < -0.39 is 9.84 Å². The molecular formula is C17H22N2O3S2. The molecule has 24 heavy (non-hydrogen) atoms. The quantitative estimate of drug-likeness (QED) is 0.823. The number of hydrogen-bond donors (Lipinski definition) is 0. The van der Waals surface area contributed by atoms with E-state index in [0.717, 1.165) is 11.3 Å². The van der Waals surface area contributed by atoms with Crippen molar-refractivity contribution in [2.75, 3.05) is 16.4 Å². The highest BCUT2D eigenvalue weighted by Gasteiger charge is 2.49. The molecule has 2 heterocycles. The second kappa shape index (κ2) is 6.52. The standard InChI is InChI=1S/C17H22N2O3S2/c1-11(2)7-16(20)18-17-19(13-6-4-5-12(3)8-13)14-9-24(21,22)10-15(14)23-17/h4-6,8,11,14-15H,7,9-10H2,1-3H3/t14-,15-/m1/s1. The molecule has 1 aromatic rings. The minimum atomic E-state index is -3.03. The molecule has 1 aromatic carbocycles. The van der Waals surface area contributed by atoms with Gasteiger partial charge in [-0.2, -0.15) is 4.99 Å². The number of aliphatic imine (C=N–C) groups is 1. The van der Waals surface area contributed by atoms with Gasteiger partial charge in [0.25, 0.3) is 0 Å². The number of amides is 1. The van der Waals surface area contributed by atoms with Gasteiger partial charge in [0.2, 0.25) is 5.91 Å². The highest BCUT2D eigenvalue weighted by atomic mass is 32.2. The lowest BCUT2D eigenvalue weighted by Crippen LogP contribution is -2.37. The van der Waals surface area contributed by atoms with Crippen molar-refractivity contribution in [3.05, 3.63) is 29.8 Å². The van der Waals surface area contributed by atoms with Gasteiger partial charge in [0, 0.05) is 17.4 Å². The van der Waals surface area contributed by atoms with E-state index in [2.05, 4.69) is 4.99 Å². The Hall–Kier alpha value is -1.34. The number of anilines is 1. The number of fused-ring (bicyclic) bond motifs is 1. The first kappa shape index (κ1) is 17.5. The summed E-state index contributed by atoms with van der Waals surface area (Å²) in [5.74, 6) is 0.381. The minimum Gasteiger partial charge on any atom is -0.316 e. The van der Waals surface area contributed by atoms with Crippen molar-refractivity contribution in [2.24, 2.45) is 10.9 Å². The molecule has 1 amide bonds. The van der Waals surface area contributed by atoms with Crippen LogP contribution in [0.25, 0.3) is 0 Å². The first-order valence-electron chi connectivity index (χ1n) is 8.09. The lowest BCUT2D eigenvalue weighted by molar-refractivity contribution is -0.118. The van der Waals surface area contributed by atoms with Crippen molar-refractivity contribution in [1.82, 2.24) is 0 Å². The van der Waals surface area contributed by atoms with Crippen LogP contribution in [0, 0.1) is 12.8 Å². The second-order valence-electron chi connectivity index (χ2n) is 6.90. The van der Waals surface area contributed by atoms with Crippen LogP contribution in [0.15, 0.2) is 29.3 Å². The molecule has 0 unspecified atom stereocenters. The van der Waals surface area contributed by atoms with Gasteiger partial charge in [-0.3, -0.25) is 4.79 Å². The van der Waals surface area contributed by atoms with Gasteiger partial charge >= 0.3 is 0 Å². The maximum Gasteiger partial charge on any atom is 0.248 e. The molecule has 0 bridgehead atoms. The van der Waals surface area contributed by atoms with E-state index in [0.29, 0.717) is 11.6 Å². The highest BCUT2D eigenvalue weighted by Crippen LogP contribution is 2.41. The van der Waals surface area contributed by atoms with Crippen LogP contribution in [0.4, 0.5) is 5.69 Å². The number of hydrogen-bond acceptors (Lipinski definition) is 4. The molecule has 3 rings (SSSR count). The summed E-state index contributed by atoms with van der Waals surface area (Å²) >= 11 is 1.42. The summed E-state index contributed by atoms with van der Waals surface area (Å²) in [5.41, 5.74) is 2.00. The fraction of sp³-hybridized carbons (Fsp3) is 0.529. The van der Waals surface area contributed by atoms with Crippen molar-refractivity contribution < 1.29 is 13.2 Å². The summed E-state index contributed by atoms with van der Waals surface area (Å²) in [6.45, 7) is 5.97. The van der Waals surface area contributed by atoms with Crippen molar-refractivity contribution >= 4 is 38.4 Å². The predicted octanol–water partition coefficient (Wildman–Crippen LogP) is 2.64. The van der Waals surface area contributed by atoms with Crippen molar-refractivity contribution in [1.29, 1.82) is 0 Å². The third-order valence-corrected chi connectivity index (χ3v) is 7.36. The number of thioether (sulfide) groups is 1. The Balaban J connectivity index is 1.97. The normalized spacial score (nSPS) is 27.0. The summed E-state index contributed by atoms with van der Waals surface area (Å²) in [6, 6.07) is 7.75. The zero-order valence-electron chi connectivity index (χ0n) is 14.1. The van der Waals surface area contributed by atoms with Crippen molar-refractivity contribution in [2.45, 2.75) is 38.5 Å². The molecule has 0 radical (unpaired) electrons. The topological polar surface area (TPSA) is 66.8 Å². The lowest BCUT2D eigenvalue weighted by atomic mass is 10.1. The molecular weight excluding hydrogens is 344 g/mol. The fourth-order valence-corrected chi connectivity index (χ4v) is 7.08. The zero-order valence-corrected chi connectivity index (χ0v) is 15.7. The van der Waals surface area contributed by atoms with Gasteiger partial charge in [0.05, 0.1) is 17.5 Å². The Morgan fingerprint density at radius 1 is 1.38 bits per heavy atom. The number of nitrogens with zero attached hydrogens (tertiary/aromatic N) is 2. The van der Waals surface area contributed by atoms with E-state index in [1.165, 1.54) is 11.8 Å². The average Bonchev–Trinajstić information content (AvgIpc) is 2.88. The van der Waals surface area contributed by atoms with Crippen LogP contribution in [-0.2, 0) is 14.6 Å². The Labute approximate surface area is 147 Å². The predicted molar refractivity (Wildman–Crippen MR) is 99.4 cm³/mol. The van der Waals surface area contributed by atoms with Gasteiger partial charge in [0.15, 0.2) is 15.0 Å². The SMILES string of the molecule is Cc1cccc(N2C(=NC(=O)CC(C)C)S[C@@H]3CS(=O)(=O)C[C@H]32)c1. The number of aryl methyl sites for hydroxylation is 1. The van der Waals surface area contributed by atoms with Crippen LogP contribution in [0.1, 0.15) is 25.8 Å². The average molecular weight is 367 g/mol. The van der Waals surface area contributed by atoms with Crippen LogP contribution >= 0.6 is 11.8 Å². The summed E-state index contributed by atoms with van der Waals surface area (Å²) in [4.78, 5) is 18.4. The van der Waals surface area contributed by atoms with Gasteiger partial charge in [-0.25, -0.2) is 8.42 Å². The van der Waals surface area contributed by atoms with Crippen LogP contribution in [0.2, 0.25) is 0 Å². The molecule has 0 N–H and O–H groups in total. The number of benzene rings is 1. The van der Waals surface area contributed by atoms with Gasteiger partial charge < -0.3 is 4.90 Å². The molecule has 2 atom stereocenters. The molecule has 0 aromatic heterocycles. The summed E-state index contributed by atoms with van der Waals surface area (Å²) in [6.07, 6.45) is 0.402. The van der Waals surface area contributed by atoms with Gasteiger partial charge in [-0.05, 0) is 30.5 Å². The first-order chi connectivity index (χ1) is 11.2. The maximum atomic E-state index is 12.2. The van der Waals surface area contributed by atoms with Gasteiger partial charge in [-0.1, -0.05) is 37.7 Å². The third-order valence-electron chi connectivity index (χ3n) is 4.15. The van der Waals surface area contributed by atoms with Crippen LogP contribution in [0.5, 0.6) is 0 Å². The summed E-state index contributed by atoms with van der Waals surface area (Å²) in [5, 5.41) is 0.581. The molecule has 7 heteroatoms.